The quantitative estimate of drug-likeness (QED) is 0.794. The van der Waals surface area contributed by atoms with Gasteiger partial charge in [0.1, 0.15) is 17.1 Å². The lowest BCUT2D eigenvalue weighted by molar-refractivity contribution is -0.134. The number of rotatable bonds is 6. The first kappa shape index (κ1) is 17.3. The predicted octanol–water partition coefficient (Wildman–Crippen LogP) is 2.30. The van der Waals surface area contributed by atoms with Gasteiger partial charge in [-0.15, -0.1) is 0 Å². The third kappa shape index (κ3) is 4.49. The second kappa shape index (κ2) is 8.01. The van der Waals surface area contributed by atoms with Crippen molar-refractivity contribution in [2.24, 2.45) is 0 Å². The molecule has 2 aromatic rings. The fourth-order valence-electron chi connectivity index (χ4n) is 2.17. The van der Waals surface area contributed by atoms with E-state index in [4.69, 9.17) is 4.74 Å². The summed E-state index contributed by atoms with van der Waals surface area (Å²) >= 11 is 0. The van der Waals surface area contributed by atoms with Crippen LogP contribution in [0.1, 0.15) is 22.8 Å². The smallest absolute Gasteiger partial charge is 0.342 e. The summed E-state index contributed by atoms with van der Waals surface area (Å²) in [7, 11) is 0. The van der Waals surface area contributed by atoms with Crippen molar-refractivity contribution in [3.05, 3.63) is 59.7 Å². The summed E-state index contributed by atoms with van der Waals surface area (Å²) in [6, 6.07) is 13.0. The topological polar surface area (TPSA) is 87.1 Å². The lowest BCUT2D eigenvalue weighted by Crippen LogP contribution is -2.34. The van der Waals surface area contributed by atoms with E-state index < -0.39 is 18.3 Å². The summed E-state index contributed by atoms with van der Waals surface area (Å²) in [4.78, 5) is 25.7. The molecule has 0 bridgehead atoms. The number of nitrogens with zero attached hydrogens (tertiary/aromatic N) is 1. The van der Waals surface area contributed by atoms with E-state index in [1.807, 2.05) is 37.3 Å². The van der Waals surface area contributed by atoms with E-state index in [1.165, 1.54) is 12.1 Å². The SMILES string of the molecule is CCN(Cc1ccccc1)C(=O)COC(=O)c1ccc(O)cc1O. The molecular formula is C18H19NO5. The first-order chi connectivity index (χ1) is 11.5. The Morgan fingerprint density at radius 3 is 2.42 bits per heavy atom. The molecule has 0 aliphatic carbocycles. The van der Waals surface area contributed by atoms with Crippen molar-refractivity contribution < 1.29 is 24.5 Å². The highest BCUT2D eigenvalue weighted by atomic mass is 16.5. The molecule has 126 valence electrons. The van der Waals surface area contributed by atoms with Crippen LogP contribution in [0, 0.1) is 0 Å². The maximum absolute atomic E-state index is 12.2. The Morgan fingerprint density at radius 1 is 1.08 bits per heavy atom. The maximum Gasteiger partial charge on any atom is 0.342 e. The minimum Gasteiger partial charge on any atom is -0.508 e. The normalized spacial score (nSPS) is 10.2. The van der Waals surface area contributed by atoms with Crippen LogP contribution in [-0.4, -0.2) is 40.1 Å². The molecule has 0 atom stereocenters. The number of amides is 1. The average molecular weight is 329 g/mol. The van der Waals surface area contributed by atoms with Gasteiger partial charge in [-0.25, -0.2) is 4.79 Å². The largest absolute Gasteiger partial charge is 0.508 e. The first-order valence-corrected chi connectivity index (χ1v) is 7.52. The zero-order chi connectivity index (χ0) is 17.5. The van der Waals surface area contributed by atoms with Crippen LogP contribution in [0.15, 0.2) is 48.5 Å². The Morgan fingerprint density at radius 2 is 1.79 bits per heavy atom. The van der Waals surface area contributed by atoms with Crippen molar-refractivity contribution in [1.29, 1.82) is 0 Å². The molecule has 0 radical (unpaired) electrons. The molecule has 0 saturated carbocycles. The van der Waals surface area contributed by atoms with Crippen molar-refractivity contribution in [1.82, 2.24) is 4.90 Å². The Balaban J connectivity index is 1.94. The molecule has 0 heterocycles. The van der Waals surface area contributed by atoms with Gasteiger partial charge in [-0.2, -0.15) is 0 Å². The molecule has 0 saturated heterocycles. The van der Waals surface area contributed by atoms with Gasteiger partial charge in [0.2, 0.25) is 0 Å². The summed E-state index contributed by atoms with van der Waals surface area (Å²) in [5.74, 6) is -1.71. The number of hydrogen-bond donors (Lipinski definition) is 2. The van der Waals surface area contributed by atoms with Gasteiger partial charge in [-0.3, -0.25) is 4.79 Å². The second-order valence-corrected chi connectivity index (χ2v) is 5.17. The molecular weight excluding hydrogens is 310 g/mol. The standard InChI is InChI=1S/C18H19NO5/c1-2-19(11-13-6-4-3-5-7-13)17(22)12-24-18(23)15-9-8-14(20)10-16(15)21/h3-10,20-21H,2,11-12H2,1H3. The van der Waals surface area contributed by atoms with Crippen LogP contribution in [0.2, 0.25) is 0 Å². The first-order valence-electron chi connectivity index (χ1n) is 7.52. The summed E-state index contributed by atoms with van der Waals surface area (Å²) < 4.78 is 4.96. The monoisotopic (exact) mass is 329 g/mol. The molecule has 0 aliphatic rings. The molecule has 0 unspecified atom stereocenters. The van der Waals surface area contributed by atoms with Gasteiger partial charge < -0.3 is 19.8 Å². The second-order valence-electron chi connectivity index (χ2n) is 5.17. The Bertz CT molecular complexity index is 715. The van der Waals surface area contributed by atoms with Crippen LogP contribution in [0.25, 0.3) is 0 Å². The Kier molecular flexibility index (Phi) is 5.78. The van der Waals surface area contributed by atoms with Crippen LogP contribution in [0.3, 0.4) is 0 Å². The molecule has 6 nitrogen and oxygen atoms in total. The van der Waals surface area contributed by atoms with Crippen molar-refractivity contribution >= 4 is 11.9 Å². The molecule has 2 rings (SSSR count). The van der Waals surface area contributed by atoms with Gasteiger partial charge >= 0.3 is 5.97 Å². The lowest BCUT2D eigenvalue weighted by atomic mass is 10.2. The Labute approximate surface area is 139 Å². The molecule has 0 aliphatic heterocycles. The fraction of sp³-hybridized carbons (Fsp3) is 0.222. The van der Waals surface area contributed by atoms with Crippen LogP contribution >= 0.6 is 0 Å². The van der Waals surface area contributed by atoms with Gasteiger partial charge in [-0.05, 0) is 24.6 Å². The molecule has 0 fully saturated rings. The predicted molar refractivity (Wildman–Crippen MR) is 87.6 cm³/mol. The lowest BCUT2D eigenvalue weighted by Gasteiger charge is -2.20. The summed E-state index contributed by atoms with van der Waals surface area (Å²) in [5, 5.41) is 18.8. The van der Waals surface area contributed by atoms with Gasteiger partial charge in [0, 0.05) is 19.2 Å². The zero-order valence-electron chi connectivity index (χ0n) is 13.3. The van der Waals surface area contributed by atoms with E-state index in [1.54, 1.807) is 4.90 Å². The summed E-state index contributed by atoms with van der Waals surface area (Å²) in [5.41, 5.74) is 0.877. The fourth-order valence-corrected chi connectivity index (χ4v) is 2.17. The van der Waals surface area contributed by atoms with Gasteiger partial charge in [0.15, 0.2) is 6.61 Å². The van der Waals surface area contributed by atoms with Crippen molar-refractivity contribution in [3.8, 4) is 11.5 Å². The van der Waals surface area contributed by atoms with E-state index >= 15 is 0 Å². The Hall–Kier alpha value is -3.02. The number of hydrogen-bond acceptors (Lipinski definition) is 5. The molecule has 24 heavy (non-hydrogen) atoms. The number of benzene rings is 2. The summed E-state index contributed by atoms with van der Waals surface area (Å²) in [6.45, 7) is 2.34. The van der Waals surface area contributed by atoms with E-state index in [0.29, 0.717) is 13.1 Å². The number of carbonyl (C=O) groups is 2. The molecule has 0 aromatic heterocycles. The van der Waals surface area contributed by atoms with Gasteiger partial charge in [-0.1, -0.05) is 30.3 Å². The highest BCUT2D eigenvalue weighted by Crippen LogP contribution is 2.23. The maximum atomic E-state index is 12.2. The van der Waals surface area contributed by atoms with Crippen molar-refractivity contribution in [3.63, 3.8) is 0 Å². The number of ether oxygens (including phenoxy) is 1. The number of phenols is 2. The van der Waals surface area contributed by atoms with Crippen molar-refractivity contribution in [2.45, 2.75) is 13.5 Å². The van der Waals surface area contributed by atoms with Gasteiger partial charge in [0.25, 0.3) is 5.91 Å². The van der Waals surface area contributed by atoms with Crippen LogP contribution in [0.4, 0.5) is 0 Å². The molecule has 2 aromatic carbocycles. The molecule has 0 spiro atoms. The van der Waals surface area contributed by atoms with Crippen LogP contribution in [0.5, 0.6) is 11.5 Å². The zero-order valence-corrected chi connectivity index (χ0v) is 13.3. The minimum absolute atomic E-state index is 0.105. The number of aromatic hydroxyl groups is 2. The van der Waals surface area contributed by atoms with E-state index in [9.17, 15) is 19.8 Å². The average Bonchev–Trinajstić information content (AvgIpc) is 2.58. The van der Waals surface area contributed by atoms with E-state index in [0.717, 1.165) is 11.6 Å². The van der Waals surface area contributed by atoms with Crippen molar-refractivity contribution in [2.75, 3.05) is 13.2 Å². The summed E-state index contributed by atoms with van der Waals surface area (Å²) in [6.07, 6.45) is 0. The molecule has 2 N–H and O–H groups in total. The molecule has 1 amide bonds. The number of carbonyl (C=O) groups excluding carboxylic acids is 2. The minimum atomic E-state index is -0.823. The third-order valence-electron chi connectivity index (χ3n) is 3.48. The highest BCUT2D eigenvalue weighted by molar-refractivity contribution is 5.94. The van der Waals surface area contributed by atoms with E-state index in [-0.39, 0.29) is 17.2 Å². The van der Waals surface area contributed by atoms with Crippen LogP contribution in [-0.2, 0) is 16.1 Å². The van der Waals surface area contributed by atoms with E-state index in [2.05, 4.69) is 0 Å². The number of phenolic OH excluding ortho intramolecular Hbond substituents is 2. The third-order valence-corrected chi connectivity index (χ3v) is 3.48. The van der Waals surface area contributed by atoms with Gasteiger partial charge in [0.05, 0.1) is 0 Å². The van der Waals surface area contributed by atoms with Crippen LogP contribution < -0.4 is 0 Å². The highest BCUT2D eigenvalue weighted by Gasteiger charge is 2.18. The number of likely N-dealkylation sites (N-methyl/N-ethyl adjacent to an activating group) is 1. The number of esters is 1. The molecule has 6 heteroatoms.